The molecule has 0 fully saturated rings. The predicted octanol–water partition coefficient (Wildman–Crippen LogP) is 1.91. The zero-order valence-electron chi connectivity index (χ0n) is 14.2. The highest BCUT2D eigenvalue weighted by molar-refractivity contribution is 6.04. The summed E-state index contributed by atoms with van der Waals surface area (Å²) in [6.07, 6.45) is 0.638. The number of amides is 1. The molecule has 3 rings (SSSR count). The summed E-state index contributed by atoms with van der Waals surface area (Å²) >= 11 is 0. The van der Waals surface area contributed by atoms with Crippen LogP contribution in [0.2, 0.25) is 0 Å². The van der Waals surface area contributed by atoms with Crippen LogP contribution < -0.4 is 15.6 Å². The van der Waals surface area contributed by atoms with Crippen LogP contribution in [0.5, 0.6) is 5.75 Å². The van der Waals surface area contributed by atoms with E-state index in [4.69, 9.17) is 4.74 Å². The third kappa shape index (κ3) is 3.38. The molecule has 128 valence electrons. The number of carbonyl (C=O) groups is 1. The fourth-order valence-corrected chi connectivity index (χ4v) is 2.77. The van der Waals surface area contributed by atoms with Crippen LogP contribution in [-0.2, 0) is 13.5 Å². The zero-order chi connectivity index (χ0) is 17.8. The van der Waals surface area contributed by atoms with Gasteiger partial charge in [0.1, 0.15) is 5.75 Å². The summed E-state index contributed by atoms with van der Waals surface area (Å²) in [5.41, 5.74) is 1.04. The molecule has 1 heterocycles. The predicted molar refractivity (Wildman–Crippen MR) is 96.0 cm³/mol. The van der Waals surface area contributed by atoms with Crippen molar-refractivity contribution in [1.29, 1.82) is 0 Å². The molecule has 1 amide bonds. The molecule has 25 heavy (non-hydrogen) atoms. The first-order valence-corrected chi connectivity index (χ1v) is 7.98. The molecule has 0 radical (unpaired) electrons. The summed E-state index contributed by atoms with van der Waals surface area (Å²) in [4.78, 5) is 24.7. The number of benzene rings is 2. The van der Waals surface area contributed by atoms with Gasteiger partial charge in [0.25, 0.3) is 11.5 Å². The van der Waals surface area contributed by atoms with Crippen molar-refractivity contribution in [1.82, 2.24) is 15.1 Å². The Morgan fingerprint density at radius 3 is 2.56 bits per heavy atom. The van der Waals surface area contributed by atoms with Gasteiger partial charge in [-0.1, -0.05) is 36.4 Å². The Bertz CT molecular complexity index is 979. The summed E-state index contributed by atoms with van der Waals surface area (Å²) in [5, 5.41) is 8.03. The van der Waals surface area contributed by atoms with Gasteiger partial charge >= 0.3 is 0 Å². The van der Waals surface area contributed by atoms with Gasteiger partial charge < -0.3 is 10.1 Å². The highest BCUT2D eigenvalue weighted by Gasteiger charge is 2.15. The van der Waals surface area contributed by atoms with Crippen LogP contribution in [0.25, 0.3) is 10.8 Å². The second-order valence-corrected chi connectivity index (χ2v) is 5.64. The van der Waals surface area contributed by atoms with Crippen LogP contribution in [-0.4, -0.2) is 29.3 Å². The fourth-order valence-electron chi connectivity index (χ4n) is 2.77. The maximum absolute atomic E-state index is 12.5. The Kier molecular flexibility index (Phi) is 4.79. The first-order chi connectivity index (χ1) is 12.1. The lowest BCUT2D eigenvalue weighted by Crippen LogP contribution is -2.30. The Hall–Kier alpha value is -3.15. The first-order valence-electron chi connectivity index (χ1n) is 7.98. The fraction of sp³-hybridized carbons (Fsp3) is 0.211. The van der Waals surface area contributed by atoms with Crippen molar-refractivity contribution in [2.75, 3.05) is 13.7 Å². The summed E-state index contributed by atoms with van der Waals surface area (Å²) in [5.74, 6) is 0.490. The molecular formula is C19H19N3O3. The minimum Gasteiger partial charge on any atom is -0.496 e. The number of nitrogens with one attached hydrogen (secondary N) is 1. The summed E-state index contributed by atoms with van der Waals surface area (Å²) in [6.45, 7) is 0.443. The zero-order valence-corrected chi connectivity index (χ0v) is 14.2. The van der Waals surface area contributed by atoms with E-state index in [1.54, 1.807) is 38.4 Å². The lowest BCUT2D eigenvalue weighted by Gasteiger charge is -2.10. The second kappa shape index (κ2) is 7.17. The number of aromatic nitrogens is 2. The van der Waals surface area contributed by atoms with Crippen LogP contribution >= 0.6 is 0 Å². The van der Waals surface area contributed by atoms with Crippen molar-refractivity contribution < 1.29 is 9.53 Å². The smallest absolute Gasteiger partial charge is 0.274 e. The van der Waals surface area contributed by atoms with Crippen molar-refractivity contribution in [2.45, 2.75) is 6.42 Å². The topological polar surface area (TPSA) is 73.2 Å². The van der Waals surface area contributed by atoms with E-state index in [-0.39, 0.29) is 17.2 Å². The van der Waals surface area contributed by atoms with E-state index in [1.165, 1.54) is 4.68 Å². The number of hydrogen-bond donors (Lipinski definition) is 1. The van der Waals surface area contributed by atoms with Crippen molar-refractivity contribution in [3.8, 4) is 5.75 Å². The van der Waals surface area contributed by atoms with E-state index in [1.807, 2.05) is 24.3 Å². The molecule has 3 aromatic rings. The third-order valence-corrected chi connectivity index (χ3v) is 4.04. The van der Waals surface area contributed by atoms with Gasteiger partial charge in [-0.3, -0.25) is 9.59 Å². The molecule has 1 aromatic heterocycles. The Morgan fingerprint density at radius 1 is 1.12 bits per heavy atom. The Labute approximate surface area is 145 Å². The van der Waals surface area contributed by atoms with E-state index in [0.29, 0.717) is 23.7 Å². The largest absolute Gasteiger partial charge is 0.496 e. The van der Waals surface area contributed by atoms with Gasteiger partial charge in [0.15, 0.2) is 5.69 Å². The maximum Gasteiger partial charge on any atom is 0.274 e. The van der Waals surface area contributed by atoms with Crippen LogP contribution in [0, 0.1) is 0 Å². The lowest BCUT2D eigenvalue weighted by atomic mass is 10.1. The molecule has 0 atom stereocenters. The highest BCUT2D eigenvalue weighted by Crippen LogP contribution is 2.17. The molecule has 2 aromatic carbocycles. The monoisotopic (exact) mass is 337 g/mol. The maximum atomic E-state index is 12.5. The number of ether oxygens (including phenoxy) is 1. The Morgan fingerprint density at radius 2 is 1.80 bits per heavy atom. The quantitative estimate of drug-likeness (QED) is 0.772. The number of carbonyl (C=O) groups excluding carboxylic acids is 1. The summed E-state index contributed by atoms with van der Waals surface area (Å²) < 4.78 is 6.50. The van der Waals surface area contributed by atoms with Crippen molar-refractivity contribution >= 4 is 16.7 Å². The number of rotatable bonds is 5. The van der Waals surface area contributed by atoms with E-state index >= 15 is 0 Å². The van der Waals surface area contributed by atoms with Gasteiger partial charge in [-0.15, -0.1) is 0 Å². The van der Waals surface area contributed by atoms with Crippen LogP contribution in [0.3, 0.4) is 0 Å². The molecule has 1 N–H and O–H groups in total. The van der Waals surface area contributed by atoms with E-state index in [0.717, 1.165) is 11.3 Å². The lowest BCUT2D eigenvalue weighted by molar-refractivity contribution is 0.0949. The molecule has 6 nitrogen and oxygen atoms in total. The molecule has 0 spiro atoms. The molecule has 0 bridgehead atoms. The standard InChI is InChI=1S/C19H19N3O3/c1-22-19(24)15-9-5-4-8-14(15)17(21-22)18(23)20-12-11-13-7-3-6-10-16(13)25-2/h3-10H,11-12H2,1-2H3,(H,20,23). The average Bonchev–Trinajstić information content (AvgIpc) is 2.65. The molecular weight excluding hydrogens is 318 g/mol. The average molecular weight is 337 g/mol. The van der Waals surface area contributed by atoms with Crippen molar-refractivity contribution in [3.05, 3.63) is 70.1 Å². The van der Waals surface area contributed by atoms with Crippen molar-refractivity contribution in [2.24, 2.45) is 7.05 Å². The normalized spacial score (nSPS) is 10.6. The summed E-state index contributed by atoms with van der Waals surface area (Å²) in [7, 11) is 3.17. The van der Waals surface area contributed by atoms with Gasteiger partial charge in [0, 0.05) is 19.0 Å². The SMILES string of the molecule is COc1ccccc1CCNC(=O)c1nn(C)c(=O)c2ccccc12. The molecule has 0 aliphatic rings. The van der Waals surface area contributed by atoms with Gasteiger partial charge in [0.2, 0.25) is 0 Å². The number of methoxy groups -OCH3 is 1. The molecule has 0 saturated carbocycles. The first kappa shape index (κ1) is 16.7. The van der Waals surface area contributed by atoms with Gasteiger partial charge in [-0.25, -0.2) is 4.68 Å². The molecule has 6 heteroatoms. The summed E-state index contributed by atoms with van der Waals surface area (Å²) in [6, 6.07) is 14.7. The van der Waals surface area contributed by atoms with Crippen LogP contribution in [0.4, 0.5) is 0 Å². The van der Waals surface area contributed by atoms with Crippen LogP contribution in [0.15, 0.2) is 53.3 Å². The second-order valence-electron chi connectivity index (χ2n) is 5.64. The highest BCUT2D eigenvalue weighted by atomic mass is 16.5. The minimum absolute atomic E-state index is 0.221. The molecule has 0 aliphatic carbocycles. The van der Waals surface area contributed by atoms with E-state index in [9.17, 15) is 9.59 Å². The van der Waals surface area contributed by atoms with Gasteiger partial charge in [0.05, 0.1) is 12.5 Å². The Balaban J connectivity index is 1.79. The third-order valence-electron chi connectivity index (χ3n) is 4.04. The molecule has 0 saturated heterocycles. The number of fused-ring (bicyclic) bond motifs is 1. The number of hydrogen-bond acceptors (Lipinski definition) is 4. The number of nitrogens with zero attached hydrogens (tertiary/aromatic N) is 2. The van der Waals surface area contributed by atoms with Gasteiger partial charge in [-0.2, -0.15) is 5.10 Å². The molecule has 0 aliphatic heterocycles. The molecule has 0 unspecified atom stereocenters. The van der Waals surface area contributed by atoms with Gasteiger partial charge in [-0.05, 0) is 24.1 Å². The van der Waals surface area contributed by atoms with E-state index < -0.39 is 0 Å². The number of aryl methyl sites for hydroxylation is 1. The van der Waals surface area contributed by atoms with E-state index in [2.05, 4.69) is 10.4 Å². The number of para-hydroxylation sites is 1. The van der Waals surface area contributed by atoms with Crippen molar-refractivity contribution in [3.63, 3.8) is 0 Å². The van der Waals surface area contributed by atoms with Crippen LogP contribution in [0.1, 0.15) is 16.1 Å². The minimum atomic E-state index is -0.304.